The molecular formula is C29H29BrN2O4. The van der Waals surface area contributed by atoms with Crippen molar-refractivity contribution < 1.29 is 19.4 Å². The largest absolute Gasteiger partial charge is 0.507 e. The minimum Gasteiger partial charge on any atom is -0.507 e. The van der Waals surface area contributed by atoms with Crippen molar-refractivity contribution in [2.75, 3.05) is 23.9 Å². The number of rotatable bonds is 6. The van der Waals surface area contributed by atoms with Gasteiger partial charge >= 0.3 is 0 Å². The second kappa shape index (κ2) is 10.2. The van der Waals surface area contributed by atoms with E-state index >= 15 is 0 Å². The highest BCUT2D eigenvalue weighted by Crippen LogP contribution is 2.43. The summed E-state index contributed by atoms with van der Waals surface area (Å²) in [6.45, 7) is 5.78. The number of aryl methyl sites for hydroxylation is 1. The Morgan fingerprint density at radius 2 is 1.64 bits per heavy atom. The number of hydrogen-bond acceptors (Lipinski definition) is 5. The monoisotopic (exact) mass is 548 g/mol. The molecule has 0 aromatic heterocycles. The maximum absolute atomic E-state index is 13.4. The van der Waals surface area contributed by atoms with Crippen molar-refractivity contribution in [2.45, 2.75) is 32.9 Å². The van der Waals surface area contributed by atoms with Gasteiger partial charge in [0.1, 0.15) is 11.5 Å². The van der Waals surface area contributed by atoms with E-state index in [1.54, 1.807) is 36.4 Å². The fourth-order valence-electron chi connectivity index (χ4n) is 4.27. The normalized spacial score (nSPS) is 17.1. The molecule has 0 radical (unpaired) electrons. The summed E-state index contributed by atoms with van der Waals surface area (Å²) in [5, 5.41) is 11.3. The molecule has 186 valence electrons. The number of Topliss-reactive ketones (excluding diaryl/α,β-unsaturated/α-hetero) is 1. The summed E-state index contributed by atoms with van der Waals surface area (Å²) < 4.78 is 6.62. The van der Waals surface area contributed by atoms with Crippen molar-refractivity contribution in [2.24, 2.45) is 0 Å². The molecule has 1 N–H and O–H groups in total. The van der Waals surface area contributed by atoms with Crippen LogP contribution < -0.4 is 14.5 Å². The molecule has 0 saturated carbocycles. The van der Waals surface area contributed by atoms with E-state index in [9.17, 15) is 14.7 Å². The van der Waals surface area contributed by atoms with E-state index in [-0.39, 0.29) is 17.4 Å². The van der Waals surface area contributed by atoms with Crippen molar-refractivity contribution >= 4 is 44.8 Å². The van der Waals surface area contributed by atoms with Crippen LogP contribution in [0.2, 0.25) is 0 Å². The number of benzene rings is 3. The van der Waals surface area contributed by atoms with Crippen LogP contribution in [-0.4, -0.2) is 37.0 Å². The quantitative estimate of drug-likeness (QED) is 0.224. The van der Waals surface area contributed by atoms with Crippen LogP contribution in [0.1, 0.15) is 36.6 Å². The maximum atomic E-state index is 13.4. The van der Waals surface area contributed by atoms with Gasteiger partial charge in [0.15, 0.2) is 0 Å². The molecule has 1 aliphatic rings. The zero-order valence-electron chi connectivity index (χ0n) is 20.9. The number of ketones is 1. The number of aliphatic hydroxyl groups excluding tert-OH is 1. The molecule has 1 fully saturated rings. The minimum absolute atomic E-state index is 0.00894. The standard InChI is InChI=1S/C29H29BrN2O4/c1-17(2)36-23-13-11-22(12-14-23)32-26(19-6-9-21(10-7-19)31(4)5)25(28(34)29(32)35)27(33)20-8-15-24(30)18(3)16-20/h6-17,26,33H,1-5H3/b27-25-. The first-order valence-corrected chi connectivity index (χ1v) is 12.5. The highest BCUT2D eigenvalue weighted by atomic mass is 79.9. The molecule has 1 amide bonds. The third-order valence-electron chi connectivity index (χ3n) is 6.09. The lowest BCUT2D eigenvalue weighted by molar-refractivity contribution is -0.132. The number of halogens is 1. The van der Waals surface area contributed by atoms with Crippen LogP contribution in [0.4, 0.5) is 11.4 Å². The Morgan fingerprint density at radius 1 is 1.00 bits per heavy atom. The average Bonchev–Trinajstić information content (AvgIpc) is 3.11. The lowest BCUT2D eigenvalue weighted by Crippen LogP contribution is -2.29. The van der Waals surface area contributed by atoms with Crippen LogP contribution in [0, 0.1) is 6.92 Å². The highest BCUT2D eigenvalue weighted by Gasteiger charge is 2.47. The van der Waals surface area contributed by atoms with E-state index in [2.05, 4.69) is 15.9 Å². The van der Waals surface area contributed by atoms with Gasteiger partial charge in [0, 0.05) is 35.5 Å². The van der Waals surface area contributed by atoms with Crippen LogP contribution in [0.5, 0.6) is 5.75 Å². The van der Waals surface area contributed by atoms with Gasteiger partial charge < -0.3 is 14.7 Å². The Hall–Kier alpha value is -3.58. The Kier molecular flexibility index (Phi) is 7.22. The summed E-state index contributed by atoms with van der Waals surface area (Å²) in [4.78, 5) is 30.2. The van der Waals surface area contributed by atoms with Crippen LogP contribution in [0.15, 0.2) is 76.8 Å². The third-order valence-corrected chi connectivity index (χ3v) is 6.98. The summed E-state index contributed by atoms with van der Waals surface area (Å²) in [6.07, 6.45) is 0.00894. The minimum atomic E-state index is -0.790. The molecule has 0 aliphatic carbocycles. The first-order chi connectivity index (χ1) is 17.1. The molecule has 0 bridgehead atoms. The van der Waals surface area contributed by atoms with Gasteiger partial charge in [-0.15, -0.1) is 0 Å². The summed E-state index contributed by atoms with van der Waals surface area (Å²) >= 11 is 3.47. The molecular weight excluding hydrogens is 520 g/mol. The van der Waals surface area contributed by atoms with Crippen LogP contribution in [0.25, 0.3) is 5.76 Å². The molecule has 3 aromatic rings. The number of hydrogen-bond donors (Lipinski definition) is 1. The summed E-state index contributed by atoms with van der Waals surface area (Å²) in [7, 11) is 3.88. The third kappa shape index (κ3) is 4.88. The Balaban J connectivity index is 1.88. The number of ether oxygens (including phenoxy) is 1. The van der Waals surface area contributed by atoms with E-state index < -0.39 is 17.7 Å². The predicted octanol–water partition coefficient (Wildman–Crippen LogP) is 6.24. The second-order valence-electron chi connectivity index (χ2n) is 9.28. The molecule has 1 aliphatic heterocycles. The average molecular weight is 549 g/mol. The van der Waals surface area contributed by atoms with E-state index in [1.165, 1.54) is 4.90 Å². The fourth-order valence-corrected chi connectivity index (χ4v) is 4.52. The smallest absolute Gasteiger partial charge is 0.300 e. The Labute approximate surface area is 219 Å². The van der Waals surface area contributed by atoms with Gasteiger partial charge in [0.05, 0.1) is 17.7 Å². The number of anilines is 2. The number of amides is 1. The van der Waals surface area contributed by atoms with Crippen molar-refractivity contribution in [3.05, 3.63) is 93.5 Å². The van der Waals surface area contributed by atoms with Gasteiger partial charge in [-0.25, -0.2) is 0 Å². The Bertz CT molecular complexity index is 1330. The zero-order chi connectivity index (χ0) is 26.1. The lowest BCUT2D eigenvalue weighted by atomic mass is 9.94. The molecule has 6 nitrogen and oxygen atoms in total. The number of carbonyl (C=O) groups is 2. The Morgan fingerprint density at radius 3 is 2.19 bits per heavy atom. The molecule has 1 unspecified atom stereocenters. The van der Waals surface area contributed by atoms with E-state index in [0.29, 0.717) is 17.0 Å². The number of aliphatic hydroxyl groups is 1. The fraction of sp³-hybridized carbons (Fsp3) is 0.241. The predicted molar refractivity (Wildman–Crippen MR) is 147 cm³/mol. The van der Waals surface area contributed by atoms with Crippen LogP contribution in [0.3, 0.4) is 0 Å². The first kappa shape index (κ1) is 25.5. The van der Waals surface area contributed by atoms with Crippen molar-refractivity contribution in [3.63, 3.8) is 0 Å². The molecule has 36 heavy (non-hydrogen) atoms. The lowest BCUT2D eigenvalue weighted by Gasteiger charge is -2.26. The summed E-state index contributed by atoms with van der Waals surface area (Å²) in [5.74, 6) is -0.947. The number of nitrogens with zero attached hydrogens (tertiary/aromatic N) is 2. The van der Waals surface area contributed by atoms with Crippen molar-refractivity contribution in [3.8, 4) is 5.75 Å². The van der Waals surface area contributed by atoms with Gasteiger partial charge in [-0.2, -0.15) is 0 Å². The SMILES string of the molecule is Cc1cc(/C(O)=C2/C(=O)C(=O)N(c3ccc(OC(C)C)cc3)C2c2ccc(N(C)C)cc2)ccc1Br. The van der Waals surface area contributed by atoms with Crippen LogP contribution >= 0.6 is 15.9 Å². The van der Waals surface area contributed by atoms with Gasteiger partial charge in [-0.1, -0.05) is 34.1 Å². The zero-order valence-corrected chi connectivity index (χ0v) is 22.5. The first-order valence-electron chi connectivity index (χ1n) is 11.7. The maximum Gasteiger partial charge on any atom is 0.300 e. The van der Waals surface area contributed by atoms with E-state index in [0.717, 1.165) is 21.3 Å². The van der Waals surface area contributed by atoms with Crippen LogP contribution in [-0.2, 0) is 9.59 Å². The second-order valence-corrected chi connectivity index (χ2v) is 10.1. The van der Waals surface area contributed by atoms with E-state index in [1.807, 2.05) is 70.1 Å². The topological polar surface area (TPSA) is 70.1 Å². The van der Waals surface area contributed by atoms with E-state index in [4.69, 9.17) is 4.74 Å². The highest BCUT2D eigenvalue weighted by molar-refractivity contribution is 9.10. The molecule has 1 atom stereocenters. The molecule has 1 heterocycles. The van der Waals surface area contributed by atoms with Crippen molar-refractivity contribution in [1.82, 2.24) is 0 Å². The van der Waals surface area contributed by atoms with Gasteiger partial charge in [0.25, 0.3) is 11.7 Å². The van der Waals surface area contributed by atoms with Gasteiger partial charge in [0.2, 0.25) is 0 Å². The number of carbonyl (C=O) groups excluding carboxylic acids is 2. The summed E-state index contributed by atoms with van der Waals surface area (Å²) in [5.41, 5.74) is 3.68. The molecule has 0 spiro atoms. The van der Waals surface area contributed by atoms with Crippen molar-refractivity contribution in [1.29, 1.82) is 0 Å². The van der Waals surface area contributed by atoms with Gasteiger partial charge in [-0.05, 0) is 80.4 Å². The molecule has 1 saturated heterocycles. The molecule has 3 aromatic carbocycles. The molecule has 7 heteroatoms. The molecule has 4 rings (SSSR count). The summed E-state index contributed by atoms with van der Waals surface area (Å²) in [6, 6.07) is 19.2. The van der Waals surface area contributed by atoms with Gasteiger partial charge in [-0.3, -0.25) is 14.5 Å².